The molecule has 0 bridgehead atoms. The first-order valence-electron chi connectivity index (χ1n) is 7.09. The lowest BCUT2D eigenvalue weighted by Gasteiger charge is -2.32. The molecule has 0 aliphatic heterocycles. The smallest absolute Gasteiger partial charge is 0.237 e. The van der Waals surface area contributed by atoms with Crippen molar-refractivity contribution < 1.29 is 4.79 Å². The maximum Gasteiger partial charge on any atom is 0.237 e. The minimum Gasteiger partial charge on any atom is -0.352 e. The van der Waals surface area contributed by atoms with Crippen molar-refractivity contribution in [3.8, 4) is 0 Å². The Balaban J connectivity index is 2.40. The second kappa shape index (κ2) is 6.39. The summed E-state index contributed by atoms with van der Waals surface area (Å²) in [6.07, 6.45) is 6.91. The van der Waals surface area contributed by atoms with Crippen LogP contribution in [-0.2, 0) is 4.79 Å². The summed E-state index contributed by atoms with van der Waals surface area (Å²) in [4.78, 5) is 12.0. The van der Waals surface area contributed by atoms with Gasteiger partial charge in [-0.15, -0.1) is 0 Å². The summed E-state index contributed by atoms with van der Waals surface area (Å²) < 4.78 is 0. The van der Waals surface area contributed by atoms with Crippen molar-refractivity contribution in [1.82, 2.24) is 10.6 Å². The van der Waals surface area contributed by atoms with E-state index < -0.39 is 0 Å². The van der Waals surface area contributed by atoms with Crippen molar-refractivity contribution in [3.63, 3.8) is 0 Å². The fraction of sp³-hybridized carbons (Fsp3) is 0.929. The average molecular weight is 240 g/mol. The fourth-order valence-corrected chi connectivity index (χ4v) is 2.44. The van der Waals surface area contributed by atoms with E-state index in [1.807, 2.05) is 6.92 Å². The number of rotatable bonds is 6. The Kier molecular flexibility index (Phi) is 5.44. The first-order valence-corrected chi connectivity index (χ1v) is 7.09. The number of hydrogen-bond acceptors (Lipinski definition) is 2. The fourth-order valence-electron chi connectivity index (χ4n) is 2.44. The van der Waals surface area contributed by atoms with Crippen LogP contribution in [0.5, 0.6) is 0 Å². The van der Waals surface area contributed by atoms with Crippen molar-refractivity contribution in [1.29, 1.82) is 0 Å². The van der Waals surface area contributed by atoms with Crippen molar-refractivity contribution >= 4 is 5.91 Å². The van der Waals surface area contributed by atoms with Crippen molar-refractivity contribution in [2.75, 3.05) is 0 Å². The Morgan fingerprint density at radius 3 is 2.29 bits per heavy atom. The van der Waals surface area contributed by atoms with Gasteiger partial charge in [0.1, 0.15) is 0 Å². The van der Waals surface area contributed by atoms with Gasteiger partial charge < -0.3 is 10.6 Å². The molecule has 1 aliphatic rings. The molecule has 0 aromatic carbocycles. The second-order valence-corrected chi connectivity index (χ2v) is 5.62. The van der Waals surface area contributed by atoms with Gasteiger partial charge >= 0.3 is 0 Å². The van der Waals surface area contributed by atoms with Crippen LogP contribution in [0.4, 0.5) is 0 Å². The van der Waals surface area contributed by atoms with Crippen LogP contribution in [0.15, 0.2) is 0 Å². The maximum atomic E-state index is 12.0. The van der Waals surface area contributed by atoms with Crippen LogP contribution in [0.3, 0.4) is 0 Å². The van der Waals surface area contributed by atoms with Crippen LogP contribution in [0, 0.1) is 0 Å². The molecule has 1 unspecified atom stereocenters. The molecule has 1 rings (SSSR count). The zero-order chi connectivity index (χ0) is 12.9. The van der Waals surface area contributed by atoms with E-state index in [9.17, 15) is 4.79 Å². The van der Waals surface area contributed by atoms with Crippen LogP contribution in [-0.4, -0.2) is 23.5 Å². The highest BCUT2D eigenvalue weighted by molar-refractivity contribution is 5.81. The molecular weight excluding hydrogens is 212 g/mol. The SMILES string of the molecule is CCC(C)(CC)NC(C)C(=O)NC1CCCC1. The molecule has 0 spiro atoms. The molecule has 1 atom stereocenters. The lowest BCUT2D eigenvalue weighted by Crippen LogP contribution is -2.53. The Bertz CT molecular complexity index is 243. The number of hydrogen-bond donors (Lipinski definition) is 2. The van der Waals surface area contributed by atoms with E-state index in [4.69, 9.17) is 0 Å². The minimum atomic E-state index is -0.0968. The highest BCUT2D eigenvalue weighted by atomic mass is 16.2. The largest absolute Gasteiger partial charge is 0.352 e. The van der Waals surface area contributed by atoms with Gasteiger partial charge in [-0.05, 0) is 39.5 Å². The lowest BCUT2D eigenvalue weighted by atomic mass is 9.94. The summed E-state index contributed by atoms with van der Waals surface area (Å²) in [5.41, 5.74) is 0.0758. The Morgan fingerprint density at radius 2 is 1.82 bits per heavy atom. The molecule has 1 fully saturated rings. The minimum absolute atomic E-state index is 0.0758. The molecule has 0 heterocycles. The highest BCUT2D eigenvalue weighted by Crippen LogP contribution is 2.18. The Morgan fingerprint density at radius 1 is 1.29 bits per heavy atom. The Hall–Kier alpha value is -0.570. The molecule has 0 saturated heterocycles. The number of nitrogens with one attached hydrogen (secondary N) is 2. The molecule has 1 saturated carbocycles. The number of carbonyl (C=O) groups excluding carboxylic acids is 1. The first kappa shape index (κ1) is 14.5. The highest BCUT2D eigenvalue weighted by Gasteiger charge is 2.26. The van der Waals surface area contributed by atoms with Gasteiger partial charge in [0.25, 0.3) is 0 Å². The van der Waals surface area contributed by atoms with E-state index in [-0.39, 0.29) is 17.5 Å². The standard InChI is InChI=1S/C14H28N2O/c1-5-14(4,6-2)16-11(3)13(17)15-12-9-7-8-10-12/h11-12,16H,5-10H2,1-4H3,(H,15,17). The molecule has 3 heteroatoms. The quantitative estimate of drug-likeness (QED) is 0.749. The normalized spacial score (nSPS) is 19.3. The van der Waals surface area contributed by atoms with Crippen molar-refractivity contribution in [2.24, 2.45) is 0 Å². The molecule has 3 nitrogen and oxygen atoms in total. The molecule has 2 N–H and O–H groups in total. The molecular formula is C14H28N2O. The third-order valence-electron chi connectivity index (χ3n) is 4.22. The van der Waals surface area contributed by atoms with Gasteiger partial charge in [-0.1, -0.05) is 26.7 Å². The lowest BCUT2D eigenvalue weighted by molar-refractivity contribution is -0.124. The number of carbonyl (C=O) groups is 1. The molecule has 1 aliphatic carbocycles. The maximum absolute atomic E-state index is 12.0. The monoisotopic (exact) mass is 240 g/mol. The van der Waals surface area contributed by atoms with Gasteiger partial charge in [-0.2, -0.15) is 0 Å². The van der Waals surface area contributed by atoms with Crippen LogP contribution in [0.25, 0.3) is 0 Å². The summed E-state index contributed by atoms with van der Waals surface area (Å²) in [5, 5.41) is 6.60. The molecule has 0 aromatic rings. The topological polar surface area (TPSA) is 41.1 Å². The summed E-state index contributed by atoms with van der Waals surface area (Å²) in [6, 6.07) is 0.321. The van der Waals surface area contributed by atoms with Gasteiger partial charge in [-0.3, -0.25) is 4.79 Å². The van der Waals surface area contributed by atoms with Crippen LogP contribution in [0.1, 0.15) is 66.2 Å². The summed E-state index contributed by atoms with van der Waals surface area (Å²) >= 11 is 0. The summed E-state index contributed by atoms with van der Waals surface area (Å²) in [7, 11) is 0. The van der Waals surface area contributed by atoms with Crippen molar-refractivity contribution in [3.05, 3.63) is 0 Å². The molecule has 0 radical (unpaired) electrons. The second-order valence-electron chi connectivity index (χ2n) is 5.62. The molecule has 100 valence electrons. The molecule has 1 amide bonds. The van der Waals surface area contributed by atoms with E-state index in [1.54, 1.807) is 0 Å². The van der Waals surface area contributed by atoms with Gasteiger partial charge in [0.15, 0.2) is 0 Å². The zero-order valence-corrected chi connectivity index (χ0v) is 11.8. The van der Waals surface area contributed by atoms with Gasteiger partial charge in [-0.25, -0.2) is 0 Å². The van der Waals surface area contributed by atoms with E-state index >= 15 is 0 Å². The summed E-state index contributed by atoms with van der Waals surface area (Å²) in [6.45, 7) is 8.48. The zero-order valence-electron chi connectivity index (χ0n) is 11.8. The Labute approximate surface area is 106 Å². The van der Waals surface area contributed by atoms with Crippen LogP contribution in [0.2, 0.25) is 0 Å². The van der Waals surface area contributed by atoms with E-state index in [1.165, 1.54) is 12.8 Å². The van der Waals surface area contributed by atoms with Gasteiger partial charge in [0.2, 0.25) is 5.91 Å². The summed E-state index contributed by atoms with van der Waals surface area (Å²) in [5.74, 6) is 0.157. The molecule has 17 heavy (non-hydrogen) atoms. The predicted molar refractivity (Wildman–Crippen MR) is 72.0 cm³/mol. The molecule has 0 aromatic heterocycles. The first-order chi connectivity index (χ1) is 8.00. The third kappa shape index (κ3) is 4.30. The van der Waals surface area contributed by atoms with Crippen molar-refractivity contribution in [2.45, 2.75) is 83.8 Å². The van der Waals surface area contributed by atoms with Gasteiger partial charge in [0.05, 0.1) is 6.04 Å². The van der Waals surface area contributed by atoms with E-state index in [0.29, 0.717) is 6.04 Å². The average Bonchev–Trinajstić information content (AvgIpc) is 2.81. The van der Waals surface area contributed by atoms with E-state index in [2.05, 4.69) is 31.4 Å². The van der Waals surface area contributed by atoms with Gasteiger partial charge in [0, 0.05) is 11.6 Å². The number of amides is 1. The van der Waals surface area contributed by atoms with Crippen LogP contribution < -0.4 is 10.6 Å². The van der Waals surface area contributed by atoms with E-state index in [0.717, 1.165) is 25.7 Å². The third-order valence-corrected chi connectivity index (χ3v) is 4.22. The van der Waals surface area contributed by atoms with Crippen LogP contribution >= 0.6 is 0 Å². The predicted octanol–water partition coefficient (Wildman–Crippen LogP) is 2.60.